The Morgan fingerprint density at radius 3 is 1.14 bits per heavy atom. The van der Waals surface area contributed by atoms with E-state index < -0.39 is 0 Å². The topological polar surface area (TPSA) is 69.3 Å². The van der Waals surface area contributed by atoms with Gasteiger partial charge >= 0.3 is 0 Å². The summed E-state index contributed by atoms with van der Waals surface area (Å²) in [5, 5.41) is 22.1. The van der Waals surface area contributed by atoms with Crippen LogP contribution in [0.1, 0.15) is 38.9 Å². The number of nitrogens with zero attached hydrogens (tertiary/aromatic N) is 7. The lowest BCUT2D eigenvalue weighted by Gasteiger charge is -2.29. The highest BCUT2D eigenvalue weighted by molar-refractivity contribution is 6.21. The highest BCUT2D eigenvalue weighted by atomic mass is 15.1. The average Bonchev–Trinajstić information content (AvgIpc) is 1.40. The van der Waals surface area contributed by atoms with Gasteiger partial charge in [-0.25, -0.2) is 9.97 Å². The Balaban J connectivity index is 1.23. The van der Waals surface area contributed by atoms with Gasteiger partial charge in [0.1, 0.15) is 6.07 Å². The minimum atomic E-state index is 0.496. The third kappa shape index (κ3) is 7.98. The van der Waals surface area contributed by atoms with Crippen LogP contribution in [0.2, 0.25) is 0 Å². The molecule has 7 nitrogen and oxygen atoms in total. The maximum atomic E-state index is 13.3. The van der Waals surface area contributed by atoms with Crippen LogP contribution < -0.4 is 0 Å². The van der Waals surface area contributed by atoms with Gasteiger partial charge in [0.2, 0.25) is 0 Å². The van der Waals surface area contributed by atoms with Crippen molar-refractivity contribution in [3.8, 4) is 73.8 Å². The van der Waals surface area contributed by atoms with Crippen molar-refractivity contribution in [3.05, 3.63) is 288 Å². The molecule has 0 radical (unpaired) electrons. The predicted molar refractivity (Wildman–Crippen MR) is 374 cm³/mol. The molecule has 5 heterocycles. The van der Waals surface area contributed by atoms with Crippen molar-refractivity contribution < 1.29 is 0 Å². The highest BCUT2D eigenvalue weighted by Crippen LogP contribution is 2.54. The molecule has 0 saturated carbocycles. The van der Waals surface area contributed by atoms with Crippen LogP contribution in [0.25, 0.3) is 155 Å². The summed E-state index contributed by atoms with van der Waals surface area (Å²) in [6, 6.07) is 93.2. The smallest absolute Gasteiger partial charge is 0.160 e. The molecule has 0 bridgehead atoms. The molecular weight excluding hydrogens is 1090 g/mol. The van der Waals surface area contributed by atoms with Crippen molar-refractivity contribution in [2.45, 2.75) is 41.5 Å². The number of para-hydroxylation sites is 2. The van der Waals surface area contributed by atoms with E-state index in [0.29, 0.717) is 22.8 Å². The Labute approximate surface area is 520 Å². The number of aryl methyl sites for hydroxylation is 6. The second kappa shape index (κ2) is 20.2. The van der Waals surface area contributed by atoms with Crippen LogP contribution in [0.4, 0.5) is 0 Å². The summed E-state index contributed by atoms with van der Waals surface area (Å²) < 4.78 is 9.79. The molecular formula is C83H59N7. The minimum Gasteiger partial charge on any atom is -0.309 e. The van der Waals surface area contributed by atoms with E-state index in [1.54, 1.807) is 0 Å². The zero-order valence-corrected chi connectivity index (χ0v) is 50.8. The predicted octanol–water partition coefficient (Wildman–Crippen LogP) is 21.3. The maximum absolute atomic E-state index is 13.3. The zero-order chi connectivity index (χ0) is 60.6. The van der Waals surface area contributed by atoms with E-state index in [1.165, 1.54) is 0 Å². The van der Waals surface area contributed by atoms with Gasteiger partial charge in [-0.15, -0.1) is 0 Å². The minimum absolute atomic E-state index is 0.496. The van der Waals surface area contributed by atoms with Crippen molar-refractivity contribution in [2.75, 3.05) is 0 Å². The molecule has 0 aliphatic heterocycles. The molecule has 0 spiro atoms. The Kier molecular flexibility index (Phi) is 11.9. The first-order valence-electron chi connectivity index (χ1n) is 30.9. The quantitative estimate of drug-likeness (QED) is 0.152. The van der Waals surface area contributed by atoms with Crippen molar-refractivity contribution in [1.82, 2.24) is 28.2 Å². The van der Waals surface area contributed by atoms with Crippen LogP contribution in [0.3, 0.4) is 0 Å². The molecule has 0 amide bonds. The first kappa shape index (κ1) is 52.7. The van der Waals surface area contributed by atoms with Crippen LogP contribution in [0.15, 0.2) is 249 Å². The van der Waals surface area contributed by atoms with Crippen molar-refractivity contribution in [2.24, 2.45) is 0 Å². The SMILES string of the molecule is Cc1ccc2c(c1)c1cc(C)ccc1n2-c1c(C#N)c(-c2cccc3c2c2ccccc2n3-c2ccccc2)c(-n2c3ccc(C)cc3c3cc(C)ccc32)c(-n2c3ccc(C)cc3c3cc(C)ccc32)c1-c1cc(-c2ccccc2)nc(-c2ccccc2)n1. The van der Waals surface area contributed by atoms with E-state index in [9.17, 15) is 5.26 Å². The van der Waals surface area contributed by atoms with E-state index in [2.05, 4.69) is 302 Å². The number of benzene rings is 12. The van der Waals surface area contributed by atoms with Crippen LogP contribution in [-0.4, -0.2) is 28.2 Å². The lowest BCUT2D eigenvalue weighted by molar-refractivity contribution is 1.07. The van der Waals surface area contributed by atoms with Crippen LogP contribution in [0.5, 0.6) is 0 Å². The number of hydrogen-bond acceptors (Lipinski definition) is 3. The molecule has 0 fully saturated rings. The molecule has 17 aromatic rings. The Hall–Kier alpha value is -11.6. The monoisotopic (exact) mass is 1150 g/mol. The Morgan fingerprint density at radius 2 is 0.678 bits per heavy atom. The van der Waals surface area contributed by atoms with Crippen molar-refractivity contribution in [3.63, 3.8) is 0 Å². The summed E-state index contributed by atoms with van der Waals surface area (Å²) in [5.41, 5.74) is 24.7. The molecule has 0 atom stereocenters. The fourth-order valence-corrected chi connectivity index (χ4v) is 14.6. The summed E-state index contributed by atoms with van der Waals surface area (Å²) in [6.07, 6.45) is 0. The molecule has 0 aliphatic carbocycles. The second-order valence-electron chi connectivity index (χ2n) is 24.5. The Bertz CT molecular complexity index is 5670. The lowest BCUT2D eigenvalue weighted by Crippen LogP contribution is -2.14. The summed E-state index contributed by atoms with van der Waals surface area (Å²) in [4.78, 5) is 11.4. The first-order valence-corrected chi connectivity index (χ1v) is 30.9. The lowest BCUT2D eigenvalue weighted by atomic mass is 9.87. The molecule has 0 aliphatic rings. The average molecular weight is 1150 g/mol. The fourth-order valence-electron chi connectivity index (χ4n) is 14.6. The largest absolute Gasteiger partial charge is 0.309 e. The van der Waals surface area contributed by atoms with Gasteiger partial charge in [0.25, 0.3) is 0 Å². The Morgan fingerprint density at radius 1 is 0.300 bits per heavy atom. The molecule has 5 aromatic heterocycles. The standard InChI is InChI=1S/C83H59N7/c1-49-29-35-70-60(41-49)61-42-50(2)30-36-71(61)88(70)80-66(48-84)78(59-26-18-28-76-77(59)58-25-16-17-27-69(58)87(76)57-23-14-9-15-24-57)81(89-72-37-31-51(3)43-62(72)63-44-52(4)32-38-73(63)89)82(90-74-39-33-53(5)45-64(74)65-46-54(6)34-40-75(65)90)79(80)68-47-67(55-19-10-7-11-20-55)85-83(86-68)56-21-12-8-13-22-56/h7-47H,1-6H3. The van der Waals surface area contributed by atoms with Gasteiger partial charge in [-0.1, -0.05) is 179 Å². The van der Waals surface area contributed by atoms with Gasteiger partial charge in [0, 0.05) is 65.5 Å². The number of nitriles is 1. The van der Waals surface area contributed by atoms with Crippen molar-refractivity contribution >= 4 is 87.2 Å². The highest BCUT2D eigenvalue weighted by Gasteiger charge is 2.36. The molecule has 0 saturated heterocycles. The van der Waals surface area contributed by atoms with Crippen molar-refractivity contribution in [1.29, 1.82) is 5.26 Å². The van der Waals surface area contributed by atoms with Gasteiger partial charge in [-0.2, -0.15) is 5.26 Å². The van der Waals surface area contributed by atoms with Crippen LogP contribution in [-0.2, 0) is 0 Å². The van der Waals surface area contributed by atoms with E-state index >= 15 is 0 Å². The summed E-state index contributed by atoms with van der Waals surface area (Å²) >= 11 is 0. The first-order chi connectivity index (χ1) is 44.1. The van der Waals surface area contributed by atoms with Gasteiger partial charge in [-0.05, 0) is 150 Å². The van der Waals surface area contributed by atoms with Gasteiger partial charge in [0.15, 0.2) is 5.82 Å². The summed E-state index contributed by atoms with van der Waals surface area (Å²) in [5.74, 6) is 0.566. The number of rotatable bonds is 8. The second-order valence-corrected chi connectivity index (χ2v) is 24.5. The van der Waals surface area contributed by atoms with Crippen LogP contribution >= 0.6 is 0 Å². The third-order valence-electron chi connectivity index (χ3n) is 18.5. The maximum Gasteiger partial charge on any atom is 0.160 e. The fraction of sp³-hybridized carbons (Fsp3) is 0.0723. The van der Waals surface area contributed by atoms with Crippen LogP contribution in [0, 0.1) is 52.9 Å². The molecule has 0 unspecified atom stereocenters. The molecule has 0 N–H and O–H groups in total. The van der Waals surface area contributed by atoms with E-state index in [0.717, 1.165) is 171 Å². The summed E-state index contributed by atoms with van der Waals surface area (Å²) in [7, 11) is 0. The van der Waals surface area contributed by atoms with E-state index in [1.807, 2.05) is 12.1 Å². The molecule has 90 heavy (non-hydrogen) atoms. The normalized spacial score (nSPS) is 11.9. The zero-order valence-electron chi connectivity index (χ0n) is 50.8. The van der Waals surface area contributed by atoms with Gasteiger partial charge < -0.3 is 18.3 Å². The van der Waals surface area contributed by atoms with E-state index in [-0.39, 0.29) is 0 Å². The van der Waals surface area contributed by atoms with E-state index in [4.69, 9.17) is 9.97 Å². The number of hydrogen-bond donors (Lipinski definition) is 0. The molecule has 7 heteroatoms. The molecule has 426 valence electrons. The number of aromatic nitrogens is 6. The number of fused-ring (bicyclic) bond motifs is 12. The molecule has 17 rings (SSSR count). The van der Waals surface area contributed by atoms with Gasteiger partial charge in [0.05, 0.1) is 83.7 Å². The third-order valence-corrected chi connectivity index (χ3v) is 18.5. The summed E-state index contributed by atoms with van der Waals surface area (Å²) in [6.45, 7) is 13.1. The molecule has 12 aromatic carbocycles. The van der Waals surface area contributed by atoms with Gasteiger partial charge in [-0.3, -0.25) is 0 Å².